The molecule has 0 atom stereocenters. The number of fused-ring (bicyclic) bond motifs is 1. The minimum atomic E-state index is -0.204. The van der Waals surface area contributed by atoms with Crippen LogP contribution in [0.4, 0.5) is 0 Å². The molecule has 0 fully saturated rings. The SMILES string of the molecule is NN=C(N)SCc1cc(=O)n2ncsc2n1. The molecule has 0 aliphatic heterocycles. The largest absolute Gasteiger partial charge is 0.377 e. The van der Waals surface area contributed by atoms with Crippen LogP contribution >= 0.6 is 23.1 Å². The van der Waals surface area contributed by atoms with Crippen molar-refractivity contribution in [1.29, 1.82) is 0 Å². The second-order valence-corrected chi connectivity index (χ2v) is 4.58. The third-order valence-electron chi connectivity index (χ3n) is 1.74. The van der Waals surface area contributed by atoms with Gasteiger partial charge in [-0.25, -0.2) is 4.98 Å². The van der Waals surface area contributed by atoms with Crippen molar-refractivity contribution < 1.29 is 0 Å². The van der Waals surface area contributed by atoms with E-state index in [1.165, 1.54) is 33.7 Å². The minimum absolute atomic E-state index is 0.204. The number of hydrazone groups is 1. The Bertz CT molecular complexity index is 588. The molecule has 16 heavy (non-hydrogen) atoms. The zero-order valence-electron chi connectivity index (χ0n) is 8.03. The number of nitrogens with zero attached hydrogens (tertiary/aromatic N) is 4. The van der Waals surface area contributed by atoms with Gasteiger partial charge in [-0.15, -0.1) is 0 Å². The van der Waals surface area contributed by atoms with Crippen molar-refractivity contribution in [2.45, 2.75) is 5.75 Å². The molecule has 0 radical (unpaired) electrons. The van der Waals surface area contributed by atoms with E-state index in [0.717, 1.165) is 0 Å². The molecule has 84 valence electrons. The van der Waals surface area contributed by atoms with Crippen molar-refractivity contribution in [3.05, 3.63) is 27.6 Å². The van der Waals surface area contributed by atoms with Gasteiger partial charge in [0.05, 0.1) is 5.69 Å². The summed E-state index contributed by atoms with van der Waals surface area (Å²) in [6.07, 6.45) is 0. The zero-order valence-corrected chi connectivity index (χ0v) is 9.66. The predicted molar refractivity (Wildman–Crippen MR) is 64.2 cm³/mol. The van der Waals surface area contributed by atoms with E-state index < -0.39 is 0 Å². The molecule has 2 aromatic heterocycles. The Balaban J connectivity index is 2.28. The van der Waals surface area contributed by atoms with E-state index in [4.69, 9.17) is 11.6 Å². The Morgan fingerprint density at radius 3 is 3.25 bits per heavy atom. The summed E-state index contributed by atoms with van der Waals surface area (Å²) < 4.78 is 1.25. The van der Waals surface area contributed by atoms with Gasteiger partial charge in [0.2, 0.25) is 4.96 Å². The summed E-state index contributed by atoms with van der Waals surface area (Å²) in [5.41, 5.74) is 7.41. The van der Waals surface area contributed by atoms with E-state index in [9.17, 15) is 4.79 Å². The highest BCUT2D eigenvalue weighted by Gasteiger charge is 2.05. The first kappa shape index (κ1) is 10.9. The Morgan fingerprint density at radius 2 is 2.50 bits per heavy atom. The van der Waals surface area contributed by atoms with Crippen LogP contribution in [0.15, 0.2) is 21.5 Å². The highest BCUT2D eigenvalue weighted by Crippen LogP contribution is 2.10. The highest BCUT2D eigenvalue weighted by molar-refractivity contribution is 8.13. The van der Waals surface area contributed by atoms with E-state index in [1.807, 2.05) is 0 Å². The topological polar surface area (TPSA) is 112 Å². The van der Waals surface area contributed by atoms with Gasteiger partial charge in [-0.2, -0.15) is 14.7 Å². The Kier molecular flexibility index (Phi) is 3.06. The van der Waals surface area contributed by atoms with Crippen molar-refractivity contribution in [3.63, 3.8) is 0 Å². The molecule has 2 aromatic rings. The number of hydrogen-bond donors (Lipinski definition) is 2. The maximum atomic E-state index is 11.5. The Labute approximate surface area is 98.2 Å². The third kappa shape index (κ3) is 2.14. The van der Waals surface area contributed by atoms with Crippen molar-refractivity contribution in [2.75, 3.05) is 0 Å². The summed E-state index contributed by atoms with van der Waals surface area (Å²) in [7, 11) is 0. The van der Waals surface area contributed by atoms with E-state index in [1.54, 1.807) is 5.51 Å². The van der Waals surface area contributed by atoms with Gasteiger partial charge in [0.25, 0.3) is 5.56 Å². The summed E-state index contributed by atoms with van der Waals surface area (Å²) in [4.78, 5) is 16.4. The van der Waals surface area contributed by atoms with Gasteiger partial charge in [-0.05, 0) is 0 Å². The lowest BCUT2D eigenvalue weighted by molar-refractivity contribution is 0.889. The Hall–Kier alpha value is -1.61. The standard InChI is InChI=1S/C7H8N6OS2/c8-6(12-9)15-2-4-1-5(14)13-7(11-4)16-3-10-13/h1,3H,2,9H2,(H2,8,12). The molecule has 0 saturated carbocycles. The van der Waals surface area contributed by atoms with Crippen LogP contribution in [-0.4, -0.2) is 19.8 Å². The average molecular weight is 256 g/mol. The smallest absolute Gasteiger partial charge is 0.275 e. The van der Waals surface area contributed by atoms with Gasteiger partial charge in [-0.1, -0.05) is 23.1 Å². The fourth-order valence-corrected chi connectivity index (χ4v) is 2.22. The molecule has 9 heteroatoms. The molecule has 0 aliphatic rings. The van der Waals surface area contributed by atoms with Crippen LogP contribution in [0.2, 0.25) is 0 Å². The van der Waals surface area contributed by atoms with Gasteiger partial charge in [0.15, 0.2) is 5.17 Å². The summed E-state index contributed by atoms with van der Waals surface area (Å²) in [6.45, 7) is 0. The molecule has 7 nitrogen and oxygen atoms in total. The molecular formula is C7H8N6OS2. The van der Waals surface area contributed by atoms with Crippen LogP contribution in [0.5, 0.6) is 0 Å². The molecule has 0 amide bonds. The van der Waals surface area contributed by atoms with Gasteiger partial charge in [0.1, 0.15) is 5.51 Å². The maximum Gasteiger partial charge on any atom is 0.275 e. The first-order chi connectivity index (χ1) is 7.70. The fourth-order valence-electron chi connectivity index (χ4n) is 1.06. The van der Waals surface area contributed by atoms with Gasteiger partial charge < -0.3 is 11.6 Å². The molecule has 2 rings (SSSR count). The minimum Gasteiger partial charge on any atom is -0.377 e. The molecule has 0 aromatic carbocycles. The van der Waals surface area contributed by atoms with Crippen LogP contribution in [0.25, 0.3) is 4.96 Å². The molecule has 0 spiro atoms. The summed E-state index contributed by atoms with van der Waals surface area (Å²) in [6, 6.07) is 1.42. The molecule has 4 N–H and O–H groups in total. The monoisotopic (exact) mass is 256 g/mol. The normalized spacial score (nSPS) is 12.1. The quantitative estimate of drug-likeness (QED) is 0.326. The van der Waals surface area contributed by atoms with E-state index in [0.29, 0.717) is 16.4 Å². The molecule has 0 unspecified atom stereocenters. The Morgan fingerprint density at radius 1 is 1.69 bits per heavy atom. The second kappa shape index (κ2) is 4.49. The molecular weight excluding hydrogens is 248 g/mol. The van der Waals surface area contributed by atoms with Crippen LogP contribution < -0.4 is 17.1 Å². The van der Waals surface area contributed by atoms with Crippen molar-refractivity contribution >= 4 is 33.2 Å². The van der Waals surface area contributed by atoms with Crippen LogP contribution in [-0.2, 0) is 5.75 Å². The van der Waals surface area contributed by atoms with Gasteiger partial charge in [-0.3, -0.25) is 4.79 Å². The van der Waals surface area contributed by atoms with Crippen molar-refractivity contribution in [1.82, 2.24) is 14.6 Å². The van der Waals surface area contributed by atoms with Crippen LogP contribution in [0, 0.1) is 0 Å². The maximum absolute atomic E-state index is 11.5. The summed E-state index contributed by atoms with van der Waals surface area (Å²) in [5.74, 6) is 5.44. The zero-order chi connectivity index (χ0) is 11.5. The number of amidine groups is 1. The predicted octanol–water partition coefficient (Wildman–Crippen LogP) is -0.427. The number of nitrogens with two attached hydrogens (primary N) is 2. The number of thioether (sulfide) groups is 1. The lowest BCUT2D eigenvalue weighted by Crippen LogP contribution is -2.15. The first-order valence-electron chi connectivity index (χ1n) is 4.19. The van der Waals surface area contributed by atoms with Crippen molar-refractivity contribution in [3.8, 4) is 0 Å². The molecule has 2 heterocycles. The first-order valence-corrected chi connectivity index (χ1v) is 6.06. The number of hydrogen-bond acceptors (Lipinski definition) is 7. The van der Waals surface area contributed by atoms with Crippen molar-refractivity contribution in [2.24, 2.45) is 16.7 Å². The van der Waals surface area contributed by atoms with E-state index in [-0.39, 0.29) is 10.7 Å². The lowest BCUT2D eigenvalue weighted by Gasteiger charge is -1.99. The number of aromatic nitrogens is 3. The van der Waals surface area contributed by atoms with E-state index >= 15 is 0 Å². The summed E-state index contributed by atoms with van der Waals surface area (Å²) in [5, 5.41) is 7.43. The van der Waals surface area contributed by atoms with Gasteiger partial charge in [0, 0.05) is 11.8 Å². The molecule has 0 bridgehead atoms. The lowest BCUT2D eigenvalue weighted by atomic mass is 10.4. The third-order valence-corrected chi connectivity index (χ3v) is 3.25. The fraction of sp³-hybridized carbons (Fsp3) is 0.143. The average Bonchev–Trinajstić information content (AvgIpc) is 2.74. The highest BCUT2D eigenvalue weighted by atomic mass is 32.2. The van der Waals surface area contributed by atoms with E-state index in [2.05, 4.69) is 15.2 Å². The summed E-state index contributed by atoms with van der Waals surface area (Å²) >= 11 is 2.53. The second-order valence-electron chi connectivity index (χ2n) is 2.77. The number of rotatable bonds is 2. The van der Waals surface area contributed by atoms with Crippen LogP contribution in [0.3, 0.4) is 0 Å². The molecule has 0 aliphatic carbocycles. The van der Waals surface area contributed by atoms with Gasteiger partial charge >= 0.3 is 0 Å². The molecule has 0 saturated heterocycles. The van der Waals surface area contributed by atoms with Crippen LogP contribution in [0.1, 0.15) is 5.69 Å².